The second-order valence-electron chi connectivity index (χ2n) is 6.95. The number of ether oxygens (including phenoxy) is 1. The van der Waals surface area contributed by atoms with Gasteiger partial charge in [-0.2, -0.15) is 0 Å². The van der Waals surface area contributed by atoms with Crippen LogP contribution in [0.3, 0.4) is 0 Å². The van der Waals surface area contributed by atoms with Gasteiger partial charge in [-0.1, -0.05) is 39.5 Å². The van der Waals surface area contributed by atoms with Crippen LogP contribution in [0.2, 0.25) is 0 Å². The fraction of sp³-hybridized carbons (Fsp3) is 1.00. The molecule has 0 radical (unpaired) electrons. The highest BCUT2D eigenvalue weighted by Gasteiger charge is 2.43. The zero-order valence-electron chi connectivity index (χ0n) is 13.7. The summed E-state index contributed by atoms with van der Waals surface area (Å²) in [4.78, 5) is 2.60. The molecule has 1 saturated carbocycles. The van der Waals surface area contributed by atoms with Crippen LogP contribution < -0.4 is 5.73 Å². The molecule has 118 valence electrons. The van der Waals surface area contributed by atoms with Gasteiger partial charge in [0, 0.05) is 24.7 Å². The van der Waals surface area contributed by atoms with Gasteiger partial charge in [0.1, 0.15) is 0 Å². The molecular formula is C17H34N2O. The van der Waals surface area contributed by atoms with E-state index in [1.165, 1.54) is 32.1 Å². The van der Waals surface area contributed by atoms with E-state index in [0.29, 0.717) is 12.0 Å². The van der Waals surface area contributed by atoms with Crippen LogP contribution >= 0.6 is 0 Å². The molecule has 0 aromatic heterocycles. The van der Waals surface area contributed by atoms with Crippen LogP contribution in [0.4, 0.5) is 0 Å². The van der Waals surface area contributed by atoms with E-state index in [1.807, 2.05) is 0 Å². The summed E-state index contributed by atoms with van der Waals surface area (Å²) in [5, 5.41) is 0. The van der Waals surface area contributed by atoms with E-state index >= 15 is 0 Å². The van der Waals surface area contributed by atoms with Gasteiger partial charge in [-0.15, -0.1) is 0 Å². The van der Waals surface area contributed by atoms with Crippen molar-refractivity contribution in [3.05, 3.63) is 0 Å². The summed E-state index contributed by atoms with van der Waals surface area (Å²) in [6, 6.07) is 0.302. The third-order valence-corrected chi connectivity index (χ3v) is 6.12. The zero-order valence-corrected chi connectivity index (χ0v) is 13.7. The van der Waals surface area contributed by atoms with Gasteiger partial charge in [-0.3, -0.25) is 4.90 Å². The van der Waals surface area contributed by atoms with Crippen LogP contribution in [0.25, 0.3) is 0 Å². The lowest BCUT2D eigenvalue weighted by atomic mass is 9.68. The maximum absolute atomic E-state index is 6.85. The van der Waals surface area contributed by atoms with E-state index < -0.39 is 0 Å². The molecule has 3 heteroatoms. The smallest absolute Gasteiger partial charge is 0.0594 e. The largest absolute Gasteiger partial charge is 0.379 e. The molecule has 2 rings (SSSR count). The summed E-state index contributed by atoms with van der Waals surface area (Å²) < 4.78 is 5.52. The summed E-state index contributed by atoms with van der Waals surface area (Å²) in [5.74, 6) is 1.55. The predicted molar refractivity (Wildman–Crippen MR) is 84.8 cm³/mol. The highest BCUT2D eigenvalue weighted by molar-refractivity contribution is 5.00. The summed E-state index contributed by atoms with van der Waals surface area (Å²) in [6.45, 7) is 10.9. The summed E-state index contributed by atoms with van der Waals surface area (Å²) in [7, 11) is 0. The van der Waals surface area contributed by atoms with Gasteiger partial charge in [0.2, 0.25) is 0 Å². The lowest BCUT2D eigenvalue weighted by Gasteiger charge is -2.51. The molecule has 2 N–H and O–H groups in total. The molecule has 0 amide bonds. The Morgan fingerprint density at radius 1 is 1.20 bits per heavy atom. The Labute approximate surface area is 125 Å². The lowest BCUT2D eigenvalue weighted by molar-refractivity contribution is -0.0422. The van der Waals surface area contributed by atoms with Crippen LogP contribution in [0, 0.1) is 11.8 Å². The monoisotopic (exact) mass is 282 g/mol. The highest BCUT2D eigenvalue weighted by Crippen LogP contribution is 2.39. The minimum absolute atomic E-state index is 0.138. The third kappa shape index (κ3) is 3.20. The SMILES string of the molecule is CCC1CCCCC1C(N)C(C)(CC)N1CCOCC1. The Morgan fingerprint density at radius 2 is 1.85 bits per heavy atom. The highest BCUT2D eigenvalue weighted by atomic mass is 16.5. The maximum atomic E-state index is 6.85. The Balaban J connectivity index is 2.11. The number of morpholine rings is 1. The van der Waals surface area contributed by atoms with Crippen molar-refractivity contribution in [3.8, 4) is 0 Å². The van der Waals surface area contributed by atoms with Gasteiger partial charge >= 0.3 is 0 Å². The first-order valence-electron chi connectivity index (χ1n) is 8.71. The Kier molecular flexibility index (Phi) is 5.88. The van der Waals surface area contributed by atoms with Gasteiger partial charge in [-0.05, 0) is 31.6 Å². The van der Waals surface area contributed by atoms with E-state index in [0.717, 1.165) is 38.6 Å². The van der Waals surface area contributed by atoms with Crippen LogP contribution in [0.15, 0.2) is 0 Å². The van der Waals surface area contributed by atoms with Crippen LogP contribution in [0.1, 0.15) is 59.3 Å². The van der Waals surface area contributed by atoms with Gasteiger partial charge in [0.15, 0.2) is 0 Å². The van der Waals surface area contributed by atoms with E-state index in [2.05, 4.69) is 25.7 Å². The van der Waals surface area contributed by atoms with Crippen molar-refractivity contribution in [2.24, 2.45) is 17.6 Å². The number of nitrogens with two attached hydrogens (primary N) is 1. The minimum Gasteiger partial charge on any atom is -0.379 e. The van der Waals surface area contributed by atoms with E-state index in [1.54, 1.807) is 0 Å². The van der Waals surface area contributed by atoms with Gasteiger partial charge < -0.3 is 10.5 Å². The molecule has 0 aromatic carbocycles. The molecule has 0 bridgehead atoms. The number of hydrogen-bond acceptors (Lipinski definition) is 3. The molecule has 2 fully saturated rings. The fourth-order valence-corrected chi connectivity index (χ4v) is 4.42. The second-order valence-corrected chi connectivity index (χ2v) is 6.95. The zero-order chi connectivity index (χ0) is 14.6. The van der Waals surface area contributed by atoms with E-state index in [9.17, 15) is 0 Å². The first kappa shape index (κ1) is 16.3. The second kappa shape index (κ2) is 7.24. The first-order chi connectivity index (χ1) is 9.63. The normalized spacial score (nSPS) is 33.6. The number of nitrogens with zero attached hydrogens (tertiary/aromatic N) is 1. The first-order valence-corrected chi connectivity index (χ1v) is 8.71. The van der Waals surface area contributed by atoms with E-state index in [-0.39, 0.29) is 5.54 Å². The molecule has 20 heavy (non-hydrogen) atoms. The quantitative estimate of drug-likeness (QED) is 0.842. The molecule has 2 aliphatic rings. The maximum Gasteiger partial charge on any atom is 0.0594 e. The molecule has 1 aliphatic carbocycles. The van der Waals surface area contributed by atoms with Gasteiger partial charge in [-0.25, -0.2) is 0 Å². The summed E-state index contributed by atoms with van der Waals surface area (Å²) in [5.41, 5.74) is 6.99. The van der Waals surface area contributed by atoms with Crippen LogP contribution in [-0.4, -0.2) is 42.8 Å². The molecule has 1 aliphatic heterocycles. The van der Waals surface area contributed by atoms with Crippen molar-refractivity contribution >= 4 is 0 Å². The molecule has 0 spiro atoms. The average molecular weight is 282 g/mol. The molecule has 0 aromatic rings. The van der Waals surface area contributed by atoms with Crippen molar-refractivity contribution < 1.29 is 4.74 Å². The predicted octanol–water partition coefficient (Wildman–Crippen LogP) is 3.03. The molecule has 1 heterocycles. The summed E-state index contributed by atoms with van der Waals surface area (Å²) >= 11 is 0. The standard InChI is InChI=1S/C17H34N2O/c1-4-14-8-6-7-9-15(14)16(18)17(3,5-2)19-10-12-20-13-11-19/h14-16H,4-13,18H2,1-3H3. The number of rotatable bonds is 5. The van der Waals surface area contributed by atoms with Crippen molar-refractivity contribution in [2.45, 2.75) is 70.9 Å². The Hall–Kier alpha value is -0.120. The minimum atomic E-state index is 0.138. The molecule has 4 atom stereocenters. The van der Waals surface area contributed by atoms with Crippen LogP contribution in [-0.2, 0) is 4.74 Å². The Bertz CT molecular complexity index is 291. The van der Waals surface area contributed by atoms with Crippen LogP contribution in [0.5, 0.6) is 0 Å². The fourth-order valence-electron chi connectivity index (χ4n) is 4.42. The topological polar surface area (TPSA) is 38.5 Å². The van der Waals surface area contributed by atoms with Crippen molar-refractivity contribution in [2.75, 3.05) is 26.3 Å². The molecule has 1 saturated heterocycles. The van der Waals surface area contributed by atoms with Gasteiger partial charge in [0.25, 0.3) is 0 Å². The van der Waals surface area contributed by atoms with Crippen molar-refractivity contribution in [3.63, 3.8) is 0 Å². The summed E-state index contributed by atoms with van der Waals surface area (Å²) in [6.07, 6.45) is 7.93. The molecule has 4 unspecified atom stereocenters. The Morgan fingerprint density at radius 3 is 2.45 bits per heavy atom. The van der Waals surface area contributed by atoms with E-state index in [4.69, 9.17) is 10.5 Å². The average Bonchev–Trinajstić information content (AvgIpc) is 2.54. The third-order valence-electron chi connectivity index (χ3n) is 6.12. The lowest BCUT2D eigenvalue weighted by Crippen LogP contribution is -2.63. The van der Waals surface area contributed by atoms with Crippen molar-refractivity contribution in [1.82, 2.24) is 4.90 Å². The molecule has 3 nitrogen and oxygen atoms in total. The number of hydrogen-bond donors (Lipinski definition) is 1. The molecular weight excluding hydrogens is 248 g/mol. The van der Waals surface area contributed by atoms with Crippen molar-refractivity contribution in [1.29, 1.82) is 0 Å². The van der Waals surface area contributed by atoms with Gasteiger partial charge in [0.05, 0.1) is 13.2 Å².